The van der Waals surface area contributed by atoms with Gasteiger partial charge in [-0.25, -0.2) is 8.42 Å². The van der Waals surface area contributed by atoms with E-state index in [0.29, 0.717) is 6.54 Å². The molecule has 1 atom stereocenters. The van der Waals surface area contributed by atoms with Gasteiger partial charge >= 0.3 is 0 Å². The fourth-order valence-corrected chi connectivity index (χ4v) is 3.53. The van der Waals surface area contributed by atoms with Crippen LogP contribution in [0, 0.1) is 11.3 Å². The van der Waals surface area contributed by atoms with E-state index in [2.05, 4.69) is 10.0 Å². The SMILES string of the molecule is COc1ccc(CC(C)(C)NCC(O)COc2ccc(NS(C)(=O)=O)cc2C#N)cc1.Cl. The van der Waals surface area contributed by atoms with Crippen LogP contribution in [-0.2, 0) is 16.4 Å². The lowest BCUT2D eigenvalue weighted by Crippen LogP contribution is -2.46. The van der Waals surface area contributed by atoms with E-state index < -0.39 is 16.1 Å². The molecule has 0 fully saturated rings. The van der Waals surface area contributed by atoms with Gasteiger partial charge in [0.2, 0.25) is 10.0 Å². The normalized spacial score (nSPS) is 12.2. The van der Waals surface area contributed by atoms with Crippen LogP contribution in [0.1, 0.15) is 25.0 Å². The molecule has 10 heteroatoms. The molecule has 8 nitrogen and oxygen atoms in total. The third kappa shape index (κ3) is 9.32. The van der Waals surface area contributed by atoms with Crippen molar-refractivity contribution < 1.29 is 23.0 Å². The van der Waals surface area contributed by atoms with Crippen molar-refractivity contribution in [1.29, 1.82) is 5.26 Å². The number of sulfonamides is 1. The van der Waals surface area contributed by atoms with Crippen molar-refractivity contribution in [3.8, 4) is 17.6 Å². The van der Waals surface area contributed by atoms with Crippen LogP contribution in [0.25, 0.3) is 0 Å². The molecule has 0 aliphatic carbocycles. The van der Waals surface area contributed by atoms with Gasteiger partial charge in [-0.2, -0.15) is 5.26 Å². The van der Waals surface area contributed by atoms with Crippen LogP contribution in [0.2, 0.25) is 0 Å². The zero-order valence-electron chi connectivity index (χ0n) is 18.6. The van der Waals surface area contributed by atoms with E-state index in [9.17, 15) is 18.8 Å². The molecule has 0 radical (unpaired) electrons. The summed E-state index contributed by atoms with van der Waals surface area (Å²) < 4.78 is 35.7. The quantitative estimate of drug-likeness (QED) is 0.449. The number of nitriles is 1. The predicted molar refractivity (Wildman–Crippen MR) is 127 cm³/mol. The molecule has 32 heavy (non-hydrogen) atoms. The lowest BCUT2D eigenvalue weighted by atomic mass is 9.94. The molecule has 1 unspecified atom stereocenters. The fraction of sp³-hybridized carbons (Fsp3) is 0.409. The molecule has 2 aromatic rings. The van der Waals surface area contributed by atoms with Gasteiger partial charge in [0.25, 0.3) is 0 Å². The Morgan fingerprint density at radius 1 is 1.19 bits per heavy atom. The molecular weight excluding hydrogens is 454 g/mol. The minimum absolute atomic E-state index is 0. The first-order valence-corrected chi connectivity index (χ1v) is 11.6. The van der Waals surface area contributed by atoms with Crippen LogP contribution in [-0.4, -0.2) is 51.7 Å². The van der Waals surface area contributed by atoms with Crippen LogP contribution in [0.3, 0.4) is 0 Å². The van der Waals surface area contributed by atoms with E-state index in [-0.39, 0.29) is 41.6 Å². The van der Waals surface area contributed by atoms with E-state index in [1.807, 2.05) is 44.2 Å². The highest BCUT2D eigenvalue weighted by atomic mass is 35.5. The highest BCUT2D eigenvalue weighted by molar-refractivity contribution is 7.92. The van der Waals surface area contributed by atoms with Crippen molar-refractivity contribution in [1.82, 2.24) is 5.32 Å². The maximum atomic E-state index is 11.3. The summed E-state index contributed by atoms with van der Waals surface area (Å²) in [6.45, 7) is 4.39. The molecule has 0 saturated heterocycles. The molecule has 2 rings (SSSR count). The summed E-state index contributed by atoms with van der Waals surface area (Å²) >= 11 is 0. The summed E-state index contributed by atoms with van der Waals surface area (Å²) in [6, 6.07) is 14.2. The van der Waals surface area contributed by atoms with Gasteiger partial charge < -0.3 is 19.9 Å². The zero-order valence-corrected chi connectivity index (χ0v) is 20.2. The monoisotopic (exact) mass is 483 g/mol. The fourth-order valence-electron chi connectivity index (χ4n) is 2.98. The van der Waals surface area contributed by atoms with Gasteiger partial charge in [-0.05, 0) is 56.2 Å². The first kappa shape index (κ1) is 27.5. The van der Waals surface area contributed by atoms with Crippen molar-refractivity contribution in [2.75, 3.05) is 31.2 Å². The first-order valence-electron chi connectivity index (χ1n) is 9.72. The topological polar surface area (TPSA) is 121 Å². The highest BCUT2D eigenvalue weighted by Gasteiger charge is 2.20. The Balaban J connectivity index is 0.00000512. The lowest BCUT2D eigenvalue weighted by molar-refractivity contribution is 0.0987. The summed E-state index contributed by atoms with van der Waals surface area (Å²) in [7, 11) is -1.81. The Labute approximate surface area is 196 Å². The van der Waals surface area contributed by atoms with E-state index >= 15 is 0 Å². The molecule has 2 aromatic carbocycles. The molecule has 0 spiro atoms. The lowest BCUT2D eigenvalue weighted by Gasteiger charge is -2.28. The summed E-state index contributed by atoms with van der Waals surface area (Å²) in [6.07, 6.45) is 0.997. The van der Waals surface area contributed by atoms with Crippen molar-refractivity contribution in [3.05, 3.63) is 53.6 Å². The Morgan fingerprint density at radius 2 is 1.84 bits per heavy atom. The van der Waals surface area contributed by atoms with Gasteiger partial charge in [-0.3, -0.25) is 4.72 Å². The van der Waals surface area contributed by atoms with Gasteiger partial charge in [0.1, 0.15) is 30.3 Å². The standard InChI is InChI=1S/C22H29N3O5S.ClH/c1-22(2,12-16-5-8-20(29-3)9-6-16)24-14-19(26)15-30-21-10-7-18(11-17(21)13-23)25-31(4,27)28;/h5-11,19,24-26H,12,14-15H2,1-4H3;1H. The number of β-amino-alcohol motifs (C(OH)–C–C–N with tert-alkyl or cyclic N) is 1. The number of nitrogens with one attached hydrogen (secondary N) is 2. The molecule has 0 aromatic heterocycles. The van der Waals surface area contributed by atoms with Gasteiger partial charge in [-0.1, -0.05) is 12.1 Å². The molecule has 0 aliphatic heterocycles. The van der Waals surface area contributed by atoms with Crippen molar-refractivity contribution >= 4 is 28.1 Å². The number of aliphatic hydroxyl groups excluding tert-OH is 1. The van der Waals surface area contributed by atoms with Crippen LogP contribution in [0.5, 0.6) is 11.5 Å². The zero-order chi connectivity index (χ0) is 23.1. The number of ether oxygens (including phenoxy) is 2. The molecule has 0 heterocycles. The molecule has 0 saturated carbocycles. The average molecular weight is 484 g/mol. The number of halogens is 1. The molecule has 0 aliphatic rings. The third-order valence-corrected chi connectivity index (χ3v) is 5.06. The molecular formula is C22H30ClN3O5S. The number of hydrogen-bond acceptors (Lipinski definition) is 7. The number of aliphatic hydroxyl groups is 1. The molecule has 0 amide bonds. The maximum absolute atomic E-state index is 11.3. The van der Waals surface area contributed by atoms with Crippen molar-refractivity contribution in [3.63, 3.8) is 0 Å². The van der Waals surface area contributed by atoms with Gasteiger partial charge in [0.05, 0.1) is 24.6 Å². The first-order chi connectivity index (χ1) is 14.5. The minimum atomic E-state index is -3.44. The van der Waals surface area contributed by atoms with E-state index in [1.54, 1.807) is 7.11 Å². The minimum Gasteiger partial charge on any atom is -0.497 e. The van der Waals surface area contributed by atoms with E-state index in [0.717, 1.165) is 24.0 Å². The number of anilines is 1. The second-order valence-electron chi connectivity index (χ2n) is 7.95. The number of hydrogen-bond donors (Lipinski definition) is 3. The predicted octanol–water partition coefficient (Wildman–Crippen LogP) is 2.71. The van der Waals surface area contributed by atoms with Crippen LogP contribution in [0.15, 0.2) is 42.5 Å². The van der Waals surface area contributed by atoms with Crippen LogP contribution < -0.4 is 19.5 Å². The van der Waals surface area contributed by atoms with Gasteiger partial charge in [-0.15, -0.1) is 12.4 Å². The van der Waals surface area contributed by atoms with E-state index in [4.69, 9.17) is 9.47 Å². The molecule has 176 valence electrons. The number of rotatable bonds is 11. The second kappa shape index (κ2) is 11.9. The van der Waals surface area contributed by atoms with Crippen LogP contribution in [0.4, 0.5) is 5.69 Å². The van der Waals surface area contributed by atoms with Gasteiger partial charge in [0, 0.05) is 12.1 Å². The Bertz CT molecular complexity index is 1020. The van der Waals surface area contributed by atoms with Crippen LogP contribution >= 0.6 is 12.4 Å². The average Bonchev–Trinajstić information content (AvgIpc) is 2.70. The van der Waals surface area contributed by atoms with Gasteiger partial charge in [0.15, 0.2) is 0 Å². The third-order valence-electron chi connectivity index (χ3n) is 4.46. The summed E-state index contributed by atoms with van der Waals surface area (Å²) in [5, 5.41) is 22.9. The van der Waals surface area contributed by atoms with Crippen molar-refractivity contribution in [2.45, 2.75) is 31.9 Å². The Hall–Kier alpha value is -2.51. The number of methoxy groups -OCH3 is 1. The smallest absolute Gasteiger partial charge is 0.229 e. The highest BCUT2D eigenvalue weighted by Crippen LogP contribution is 2.23. The summed E-state index contributed by atoms with van der Waals surface area (Å²) in [5.74, 6) is 1.08. The molecule has 0 bridgehead atoms. The second-order valence-corrected chi connectivity index (χ2v) is 9.70. The number of benzene rings is 2. The van der Waals surface area contributed by atoms with E-state index in [1.165, 1.54) is 18.2 Å². The molecule has 3 N–H and O–H groups in total. The van der Waals surface area contributed by atoms with Crippen molar-refractivity contribution in [2.24, 2.45) is 0 Å². The number of nitrogens with zero attached hydrogens (tertiary/aromatic N) is 1. The summed E-state index contributed by atoms with van der Waals surface area (Å²) in [4.78, 5) is 0. The Kier molecular flexibility index (Phi) is 10.3. The summed E-state index contributed by atoms with van der Waals surface area (Å²) in [5.41, 5.74) is 1.33. The largest absolute Gasteiger partial charge is 0.497 e. The maximum Gasteiger partial charge on any atom is 0.229 e. The Morgan fingerprint density at radius 3 is 2.41 bits per heavy atom.